The zero-order valence-corrected chi connectivity index (χ0v) is 17.4. The number of halogens is 1. The van der Waals surface area contributed by atoms with E-state index in [0.29, 0.717) is 31.0 Å². The van der Waals surface area contributed by atoms with Gasteiger partial charge in [-0.3, -0.25) is 4.79 Å². The van der Waals surface area contributed by atoms with Gasteiger partial charge in [0.2, 0.25) is 0 Å². The van der Waals surface area contributed by atoms with E-state index in [2.05, 4.69) is 4.98 Å². The Kier molecular flexibility index (Phi) is 7.32. The molecule has 29 heavy (non-hydrogen) atoms. The van der Waals surface area contributed by atoms with Crippen molar-refractivity contribution >= 4 is 17.2 Å². The molecule has 0 aliphatic carbocycles. The molecular formula is C22H24FN3O2S. The molecule has 0 saturated heterocycles. The van der Waals surface area contributed by atoms with Crippen molar-refractivity contribution in [1.82, 2.24) is 14.8 Å². The first-order valence-electron chi connectivity index (χ1n) is 9.29. The number of likely N-dealkylation sites (N-methyl/N-ethyl adjacent to an activating group) is 1. The lowest BCUT2D eigenvalue weighted by Gasteiger charge is -2.25. The number of hydrogen-bond donors (Lipinski definition) is 0. The van der Waals surface area contributed by atoms with Gasteiger partial charge in [-0.2, -0.15) is 0 Å². The first-order valence-corrected chi connectivity index (χ1v) is 10.2. The minimum absolute atomic E-state index is 0.0877. The van der Waals surface area contributed by atoms with Gasteiger partial charge in [-0.05, 0) is 50.0 Å². The molecule has 0 spiro atoms. The van der Waals surface area contributed by atoms with Gasteiger partial charge in [-0.15, -0.1) is 11.3 Å². The van der Waals surface area contributed by atoms with Crippen LogP contribution in [-0.2, 0) is 13.2 Å². The van der Waals surface area contributed by atoms with Gasteiger partial charge in [0.1, 0.15) is 18.2 Å². The molecule has 1 heterocycles. The van der Waals surface area contributed by atoms with E-state index in [0.717, 1.165) is 17.8 Å². The van der Waals surface area contributed by atoms with Gasteiger partial charge >= 0.3 is 0 Å². The smallest absolute Gasteiger partial charge is 0.254 e. The summed E-state index contributed by atoms with van der Waals surface area (Å²) in [6.07, 6.45) is 0. The molecule has 1 amide bonds. The molecular weight excluding hydrogens is 389 g/mol. The van der Waals surface area contributed by atoms with Crippen LogP contribution in [-0.4, -0.2) is 47.9 Å². The number of rotatable bonds is 9. The molecule has 2 aromatic carbocycles. The molecule has 0 atom stereocenters. The molecule has 7 heteroatoms. The van der Waals surface area contributed by atoms with Crippen molar-refractivity contribution in [1.29, 1.82) is 0 Å². The molecule has 3 rings (SSSR count). The highest BCUT2D eigenvalue weighted by molar-refractivity contribution is 7.07. The molecule has 0 bridgehead atoms. The second kappa shape index (κ2) is 10.1. The Morgan fingerprint density at radius 3 is 2.62 bits per heavy atom. The molecule has 0 N–H and O–H groups in total. The predicted molar refractivity (Wildman–Crippen MR) is 113 cm³/mol. The first kappa shape index (κ1) is 21.0. The molecule has 0 aliphatic rings. The maximum atomic E-state index is 13.2. The third-order valence-corrected chi connectivity index (χ3v) is 4.98. The lowest BCUT2D eigenvalue weighted by Crippen LogP contribution is -2.36. The standard InChI is InChI=1S/C22H24FN3O2S/c1-25(2)10-11-26(13-17-6-8-19(23)9-7-17)22(27)18-4-3-5-21(12-18)28-14-20-15-29-16-24-20/h3-9,12,15-16H,10-11,13-14H2,1-2H3. The maximum absolute atomic E-state index is 13.2. The normalized spacial score (nSPS) is 10.9. The van der Waals surface area contributed by atoms with Gasteiger partial charge in [-0.25, -0.2) is 9.37 Å². The number of aromatic nitrogens is 1. The van der Waals surface area contributed by atoms with Crippen molar-refractivity contribution < 1.29 is 13.9 Å². The zero-order valence-electron chi connectivity index (χ0n) is 16.5. The third kappa shape index (κ3) is 6.37. The van der Waals surface area contributed by atoms with Crippen molar-refractivity contribution in [2.45, 2.75) is 13.2 Å². The fraction of sp³-hybridized carbons (Fsp3) is 0.273. The quantitative estimate of drug-likeness (QED) is 0.531. The van der Waals surface area contributed by atoms with Crippen molar-refractivity contribution in [2.24, 2.45) is 0 Å². The Labute approximate surface area is 174 Å². The summed E-state index contributed by atoms with van der Waals surface area (Å²) in [6, 6.07) is 13.4. The molecule has 0 aliphatic heterocycles. The predicted octanol–water partition coefficient (Wildman–Crippen LogP) is 4.07. The van der Waals surface area contributed by atoms with Crippen molar-refractivity contribution in [3.8, 4) is 5.75 Å². The van der Waals surface area contributed by atoms with Crippen molar-refractivity contribution in [2.75, 3.05) is 27.2 Å². The van der Waals surface area contributed by atoms with E-state index in [1.165, 1.54) is 23.5 Å². The number of thiazole rings is 1. The maximum Gasteiger partial charge on any atom is 0.254 e. The summed E-state index contributed by atoms with van der Waals surface area (Å²) in [7, 11) is 3.93. The van der Waals surface area contributed by atoms with Crippen LogP contribution >= 0.6 is 11.3 Å². The number of benzene rings is 2. The SMILES string of the molecule is CN(C)CCN(Cc1ccc(F)cc1)C(=O)c1cccc(OCc2cscn2)c1. The van der Waals surface area contributed by atoms with E-state index in [4.69, 9.17) is 4.74 Å². The monoisotopic (exact) mass is 413 g/mol. The van der Waals surface area contributed by atoms with Crippen LogP contribution < -0.4 is 4.74 Å². The molecule has 152 valence electrons. The number of hydrogen-bond acceptors (Lipinski definition) is 5. The number of amides is 1. The average molecular weight is 414 g/mol. The number of ether oxygens (including phenoxy) is 1. The van der Waals surface area contributed by atoms with Crippen LogP contribution in [0.3, 0.4) is 0 Å². The van der Waals surface area contributed by atoms with E-state index in [-0.39, 0.29) is 11.7 Å². The lowest BCUT2D eigenvalue weighted by molar-refractivity contribution is 0.0731. The summed E-state index contributed by atoms with van der Waals surface area (Å²) in [6.45, 7) is 2.07. The van der Waals surface area contributed by atoms with Crippen LogP contribution in [0.2, 0.25) is 0 Å². The minimum atomic E-state index is -0.287. The number of carbonyl (C=O) groups excluding carboxylic acids is 1. The molecule has 0 fully saturated rings. The van der Waals surface area contributed by atoms with Gasteiger partial charge < -0.3 is 14.5 Å². The van der Waals surface area contributed by atoms with E-state index >= 15 is 0 Å². The van der Waals surface area contributed by atoms with Gasteiger partial charge in [0, 0.05) is 30.6 Å². The van der Waals surface area contributed by atoms with Crippen LogP contribution in [0.15, 0.2) is 59.4 Å². The van der Waals surface area contributed by atoms with Gasteiger partial charge in [0.25, 0.3) is 5.91 Å². The highest BCUT2D eigenvalue weighted by Gasteiger charge is 2.17. The van der Waals surface area contributed by atoms with Crippen LogP contribution in [0.5, 0.6) is 5.75 Å². The summed E-state index contributed by atoms with van der Waals surface area (Å²) in [5, 5.41) is 1.93. The second-order valence-corrected chi connectivity index (χ2v) is 7.67. The highest BCUT2D eigenvalue weighted by Crippen LogP contribution is 2.18. The fourth-order valence-corrected chi connectivity index (χ4v) is 3.29. The van der Waals surface area contributed by atoms with Crippen LogP contribution in [0.1, 0.15) is 21.6 Å². The molecule has 1 aromatic heterocycles. The molecule has 5 nitrogen and oxygen atoms in total. The van der Waals surface area contributed by atoms with E-state index in [9.17, 15) is 9.18 Å². The van der Waals surface area contributed by atoms with E-state index in [1.54, 1.807) is 34.7 Å². The Morgan fingerprint density at radius 2 is 1.93 bits per heavy atom. The Morgan fingerprint density at radius 1 is 1.14 bits per heavy atom. The molecule has 0 unspecified atom stereocenters. The first-order chi connectivity index (χ1) is 14.0. The van der Waals surface area contributed by atoms with Gasteiger partial charge in [0.05, 0.1) is 11.2 Å². The summed E-state index contributed by atoms with van der Waals surface area (Å²) in [4.78, 5) is 21.2. The van der Waals surface area contributed by atoms with Crippen molar-refractivity contribution in [3.05, 3.63) is 82.1 Å². The lowest BCUT2D eigenvalue weighted by atomic mass is 10.1. The second-order valence-electron chi connectivity index (χ2n) is 6.95. The van der Waals surface area contributed by atoms with E-state index < -0.39 is 0 Å². The highest BCUT2D eigenvalue weighted by atomic mass is 32.1. The van der Waals surface area contributed by atoms with Crippen LogP contribution in [0.25, 0.3) is 0 Å². The summed E-state index contributed by atoms with van der Waals surface area (Å²) in [5.41, 5.74) is 4.06. The minimum Gasteiger partial charge on any atom is -0.487 e. The van der Waals surface area contributed by atoms with E-state index in [1.807, 2.05) is 36.5 Å². The van der Waals surface area contributed by atoms with Gasteiger partial charge in [-0.1, -0.05) is 18.2 Å². The molecule has 0 radical (unpaired) electrons. The third-order valence-electron chi connectivity index (χ3n) is 4.34. The van der Waals surface area contributed by atoms with Crippen molar-refractivity contribution in [3.63, 3.8) is 0 Å². The van der Waals surface area contributed by atoms with Crippen LogP contribution in [0, 0.1) is 5.82 Å². The zero-order chi connectivity index (χ0) is 20.6. The number of carbonyl (C=O) groups is 1. The van der Waals surface area contributed by atoms with Crippen LogP contribution in [0.4, 0.5) is 4.39 Å². The average Bonchev–Trinajstić information content (AvgIpc) is 3.24. The Bertz CT molecular complexity index is 914. The fourth-order valence-electron chi connectivity index (χ4n) is 2.75. The van der Waals surface area contributed by atoms with Gasteiger partial charge in [0.15, 0.2) is 0 Å². The number of nitrogens with zero attached hydrogens (tertiary/aromatic N) is 3. The Hall–Kier alpha value is -2.77. The summed E-state index contributed by atoms with van der Waals surface area (Å²) in [5.74, 6) is 0.248. The Balaban J connectivity index is 1.73. The largest absolute Gasteiger partial charge is 0.487 e. The summed E-state index contributed by atoms with van der Waals surface area (Å²) >= 11 is 1.52. The summed E-state index contributed by atoms with van der Waals surface area (Å²) < 4.78 is 19.0. The molecule has 0 saturated carbocycles. The molecule has 3 aromatic rings. The topological polar surface area (TPSA) is 45.7 Å².